The van der Waals surface area contributed by atoms with Gasteiger partial charge in [0.25, 0.3) is 0 Å². The molecule has 0 aromatic heterocycles. The summed E-state index contributed by atoms with van der Waals surface area (Å²) in [6.45, 7) is 17.3. The van der Waals surface area contributed by atoms with Crippen molar-refractivity contribution in [2.45, 2.75) is 238 Å². The van der Waals surface area contributed by atoms with Gasteiger partial charge in [-0.15, -0.1) is 0 Å². The van der Waals surface area contributed by atoms with E-state index in [2.05, 4.69) is 6.92 Å². The molecule has 1 aliphatic heterocycles. The maximum absolute atomic E-state index is 14.8. The van der Waals surface area contributed by atoms with E-state index in [4.69, 9.17) is 18.9 Å². The molecule has 10 nitrogen and oxygen atoms in total. The Bertz CT molecular complexity index is 1510. The second-order valence-electron chi connectivity index (χ2n) is 21.7. The van der Waals surface area contributed by atoms with E-state index in [0.29, 0.717) is 57.3 Å². The van der Waals surface area contributed by atoms with Gasteiger partial charge in [-0.2, -0.15) is 0 Å². The monoisotopic (exact) mass is 839 g/mol. The number of carbonyl (C=O) groups excluding carboxylic acids is 4. The molecular formula is C49H90O10. The number of fused-ring (bicyclic) bond motifs is 1. The first kappa shape index (κ1) is 54.8. The van der Waals surface area contributed by atoms with Crippen LogP contribution in [0.2, 0.25) is 0 Å². The van der Waals surface area contributed by atoms with Gasteiger partial charge < -0.3 is 29.2 Å². The van der Waals surface area contributed by atoms with Crippen molar-refractivity contribution in [3.05, 3.63) is 0 Å². The maximum atomic E-state index is 14.8. The molecule has 1 saturated heterocycles. The first-order chi connectivity index (χ1) is 24.4. The van der Waals surface area contributed by atoms with E-state index in [1.165, 1.54) is 0 Å². The van der Waals surface area contributed by atoms with Gasteiger partial charge in [-0.3, -0.25) is 19.2 Å². The molecule has 0 amide bonds. The molecule has 59 heavy (non-hydrogen) atoms. The topological polar surface area (TPSA) is 146 Å². The van der Waals surface area contributed by atoms with Crippen LogP contribution >= 0.6 is 0 Å². The van der Waals surface area contributed by atoms with Gasteiger partial charge in [0.2, 0.25) is 0 Å². The van der Waals surface area contributed by atoms with Crippen molar-refractivity contribution < 1.29 is 48.3 Å². The molecular weight excluding hydrogens is 749 g/mol. The summed E-state index contributed by atoms with van der Waals surface area (Å²) < 4.78 is 25.0. The molecule has 0 aromatic carbocycles. The number of esters is 4. The van der Waals surface area contributed by atoms with Gasteiger partial charge in [-0.1, -0.05) is 71.2 Å². The summed E-state index contributed by atoms with van der Waals surface area (Å²) in [5, 5.41) is 22.7. The second kappa shape index (κ2) is 17.5. The van der Waals surface area contributed by atoms with Crippen LogP contribution in [0.15, 0.2) is 0 Å². The Morgan fingerprint density at radius 2 is 1.32 bits per heavy atom. The number of ether oxygens (including phenoxy) is 4. The predicted octanol–water partition coefficient (Wildman–Crippen LogP) is 10.8. The lowest BCUT2D eigenvalue weighted by atomic mass is 9.50. The molecule has 8 rings (SSSR count). The maximum Gasteiger partial charge on any atom is 0.312 e. The highest BCUT2D eigenvalue weighted by Gasteiger charge is 2.70. The summed E-state index contributed by atoms with van der Waals surface area (Å²) in [5.74, 6) is -0.631. The fourth-order valence-electron chi connectivity index (χ4n) is 13.2. The Hall–Kier alpha value is -2.20. The lowest BCUT2D eigenvalue weighted by Gasteiger charge is -2.62. The number of rotatable bonds is 12. The SMILES string of the molecule is C.C.C.C.C.C.CCC(C)(CC(C)(CC(C)(C)C(=O)OC12CC3CC(O)(CC(O)(C3)C1)C2)C(=O)OC1C2CC3C1OC(=O)C3(C)C2)C(=O)OC(C)(C)C1CCC(C)CC1. The molecule has 9 unspecified atom stereocenters. The summed E-state index contributed by atoms with van der Waals surface area (Å²) in [5.41, 5.74) is -7.93. The van der Waals surface area contributed by atoms with Crippen LogP contribution in [-0.4, -0.2) is 68.7 Å². The van der Waals surface area contributed by atoms with E-state index in [0.717, 1.165) is 32.1 Å². The summed E-state index contributed by atoms with van der Waals surface area (Å²) in [4.78, 5) is 56.3. The zero-order chi connectivity index (χ0) is 38.8. The molecule has 7 saturated carbocycles. The van der Waals surface area contributed by atoms with E-state index in [-0.39, 0.29) is 93.0 Å². The van der Waals surface area contributed by atoms with Crippen LogP contribution in [-0.2, 0) is 38.1 Å². The van der Waals surface area contributed by atoms with Crippen LogP contribution < -0.4 is 0 Å². The van der Waals surface area contributed by atoms with Gasteiger partial charge in [0.15, 0.2) is 0 Å². The molecule has 10 heteroatoms. The summed E-state index contributed by atoms with van der Waals surface area (Å²) in [6.07, 6.45) is 7.68. The Kier molecular flexibility index (Phi) is 16.3. The van der Waals surface area contributed by atoms with Gasteiger partial charge in [0, 0.05) is 31.1 Å². The molecule has 1 heterocycles. The molecule has 0 spiro atoms. The summed E-state index contributed by atoms with van der Waals surface area (Å²) >= 11 is 0. The minimum atomic E-state index is -1.33. The average Bonchev–Trinajstić information content (AvgIpc) is 3.59. The Morgan fingerprint density at radius 3 is 1.85 bits per heavy atom. The van der Waals surface area contributed by atoms with E-state index in [1.807, 2.05) is 34.6 Å². The van der Waals surface area contributed by atoms with Crippen molar-refractivity contribution in [2.24, 2.45) is 51.2 Å². The third-order valence-corrected chi connectivity index (χ3v) is 15.8. The van der Waals surface area contributed by atoms with Crippen LogP contribution in [0, 0.1) is 51.2 Å². The highest BCUT2D eigenvalue weighted by Crippen LogP contribution is 2.63. The average molecular weight is 839 g/mol. The molecule has 7 aliphatic carbocycles. The number of hydrogen-bond acceptors (Lipinski definition) is 10. The minimum Gasteiger partial charge on any atom is -0.459 e. The van der Waals surface area contributed by atoms with Crippen molar-refractivity contribution in [2.75, 3.05) is 0 Å². The Balaban J connectivity index is 0.00000290. The fraction of sp³-hybridized carbons (Fsp3) is 0.918. The molecule has 346 valence electrons. The van der Waals surface area contributed by atoms with Crippen LogP contribution in [0.5, 0.6) is 0 Å². The Labute approximate surface area is 360 Å². The minimum absolute atomic E-state index is 0. The van der Waals surface area contributed by atoms with E-state index >= 15 is 0 Å². The predicted molar refractivity (Wildman–Crippen MR) is 235 cm³/mol. The zero-order valence-electron chi connectivity index (χ0n) is 33.8. The summed E-state index contributed by atoms with van der Waals surface area (Å²) in [7, 11) is 0. The quantitative estimate of drug-likeness (QED) is 0.144. The number of aliphatic hydroxyl groups is 2. The Morgan fingerprint density at radius 1 is 0.763 bits per heavy atom. The van der Waals surface area contributed by atoms with Crippen LogP contribution in [0.3, 0.4) is 0 Å². The standard InChI is InChI=1S/C43H66O10.6CH4/c1-10-38(7,34(46)52-37(5,6)28-13-11-25(2)12-14-28)21-39(8,33(45)50-30-27-15-29-31(30)51-35(47)40(29,9)19-27)20-36(3,4)32(44)53-43-18-26-16-41(48,23-43)22-42(49,17-26)24-43;;;;;;/h25-31,48-49H,10-24H2,1-9H3;6*1H4. The first-order valence-electron chi connectivity index (χ1n) is 20.7. The molecule has 8 aliphatic rings. The molecule has 8 fully saturated rings. The molecule has 9 atom stereocenters. The molecule has 6 bridgehead atoms. The smallest absolute Gasteiger partial charge is 0.312 e. The first-order valence-corrected chi connectivity index (χ1v) is 20.7. The molecule has 0 radical (unpaired) electrons. The summed E-state index contributed by atoms with van der Waals surface area (Å²) in [6, 6.07) is 0. The lowest BCUT2D eigenvalue weighted by molar-refractivity contribution is -0.264. The van der Waals surface area contributed by atoms with Gasteiger partial charge in [-0.05, 0) is 130 Å². The van der Waals surface area contributed by atoms with E-state index < -0.39 is 68.2 Å². The van der Waals surface area contributed by atoms with Gasteiger partial charge in [-0.25, -0.2) is 0 Å². The normalized spacial score (nSPS) is 39.1. The third kappa shape index (κ3) is 9.44. The highest BCUT2D eigenvalue weighted by molar-refractivity contribution is 5.84. The van der Waals surface area contributed by atoms with Gasteiger partial charge in [0.05, 0.1) is 32.9 Å². The number of hydrogen-bond donors (Lipinski definition) is 2. The molecule has 2 N–H and O–H groups in total. The van der Waals surface area contributed by atoms with E-state index in [9.17, 15) is 29.4 Å². The van der Waals surface area contributed by atoms with Crippen molar-refractivity contribution in [1.29, 1.82) is 0 Å². The van der Waals surface area contributed by atoms with Crippen molar-refractivity contribution in [3.63, 3.8) is 0 Å². The van der Waals surface area contributed by atoms with Crippen LogP contribution in [0.4, 0.5) is 0 Å². The van der Waals surface area contributed by atoms with Crippen LogP contribution in [0.1, 0.15) is 203 Å². The highest BCUT2D eigenvalue weighted by atomic mass is 16.6. The molecule has 0 aromatic rings. The largest absolute Gasteiger partial charge is 0.459 e. The van der Waals surface area contributed by atoms with E-state index in [1.54, 1.807) is 20.8 Å². The second-order valence-corrected chi connectivity index (χ2v) is 21.7. The lowest BCUT2D eigenvalue weighted by Crippen LogP contribution is -2.67. The zero-order valence-corrected chi connectivity index (χ0v) is 33.8. The number of carbonyl (C=O) groups is 4. The van der Waals surface area contributed by atoms with Gasteiger partial charge in [0.1, 0.15) is 23.4 Å². The van der Waals surface area contributed by atoms with Crippen molar-refractivity contribution in [1.82, 2.24) is 0 Å². The third-order valence-electron chi connectivity index (χ3n) is 15.8. The van der Waals surface area contributed by atoms with Crippen LogP contribution in [0.25, 0.3) is 0 Å². The fourth-order valence-corrected chi connectivity index (χ4v) is 13.2. The van der Waals surface area contributed by atoms with Crippen molar-refractivity contribution >= 4 is 23.9 Å². The van der Waals surface area contributed by atoms with Crippen molar-refractivity contribution in [3.8, 4) is 0 Å². The van der Waals surface area contributed by atoms with Gasteiger partial charge >= 0.3 is 23.9 Å².